The molecule has 104 valence electrons. The van der Waals surface area contributed by atoms with Crippen LogP contribution >= 0.6 is 0 Å². The molecule has 1 fully saturated rings. The Labute approximate surface area is 115 Å². The quantitative estimate of drug-likeness (QED) is 0.819. The van der Waals surface area contributed by atoms with Gasteiger partial charge in [0.1, 0.15) is 0 Å². The average Bonchev–Trinajstić information content (AvgIpc) is 2.70. The zero-order chi connectivity index (χ0) is 14.0. The van der Waals surface area contributed by atoms with Crippen molar-refractivity contribution in [1.82, 2.24) is 5.32 Å². The number of nitrogens with zero attached hydrogens (tertiary/aromatic N) is 1. The van der Waals surface area contributed by atoms with Crippen LogP contribution in [-0.4, -0.2) is 25.5 Å². The summed E-state index contributed by atoms with van der Waals surface area (Å²) in [5.41, 5.74) is 8.47. The van der Waals surface area contributed by atoms with Crippen LogP contribution in [0, 0.1) is 11.8 Å². The first kappa shape index (κ1) is 13.7. The van der Waals surface area contributed by atoms with Gasteiger partial charge in [-0.25, -0.2) is 0 Å². The summed E-state index contributed by atoms with van der Waals surface area (Å²) in [7, 11) is 0. The van der Waals surface area contributed by atoms with Crippen molar-refractivity contribution in [2.45, 2.75) is 20.8 Å². The van der Waals surface area contributed by atoms with Gasteiger partial charge in [0.15, 0.2) is 0 Å². The standard InChI is InChI=1S/C15H23N3O/c1-4-17-15(19)12-5-6-13(16)14(7-12)18-8-10(2)11(3)9-18/h5-7,10-11H,4,8-9,16H2,1-3H3,(H,17,19). The maximum Gasteiger partial charge on any atom is 0.251 e. The highest BCUT2D eigenvalue weighted by Crippen LogP contribution is 2.32. The van der Waals surface area contributed by atoms with E-state index in [1.807, 2.05) is 19.1 Å². The fraction of sp³-hybridized carbons (Fsp3) is 0.533. The molecule has 4 heteroatoms. The van der Waals surface area contributed by atoms with Gasteiger partial charge in [0, 0.05) is 25.2 Å². The van der Waals surface area contributed by atoms with Crippen LogP contribution in [0.3, 0.4) is 0 Å². The monoisotopic (exact) mass is 261 g/mol. The fourth-order valence-electron chi connectivity index (χ4n) is 2.55. The number of carbonyl (C=O) groups excluding carboxylic acids is 1. The molecule has 1 amide bonds. The lowest BCUT2D eigenvalue weighted by Gasteiger charge is -2.21. The van der Waals surface area contributed by atoms with Crippen LogP contribution in [0.15, 0.2) is 18.2 Å². The first-order valence-corrected chi connectivity index (χ1v) is 6.95. The Morgan fingerprint density at radius 1 is 1.37 bits per heavy atom. The lowest BCUT2D eigenvalue weighted by Crippen LogP contribution is -2.24. The molecule has 19 heavy (non-hydrogen) atoms. The molecule has 1 heterocycles. The van der Waals surface area contributed by atoms with Gasteiger partial charge in [-0.05, 0) is 37.0 Å². The number of nitrogens with two attached hydrogens (primary N) is 1. The van der Waals surface area contributed by atoms with Crippen molar-refractivity contribution < 1.29 is 4.79 Å². The second kappa shape index (κ2) is 5.51. The minimum absolute atomic E-state index is 0.0379. The molecule has 1 aromatic rings. The number of anilines is 2. The number of carbonyl (C=O) groups is 1. The molecule has 1 aromatic carbocycles. The van der Waals surface area contributed by atoms with Gasteiger partial charge in [-0.15, -0.1) is 0 Å². The van der Waals surface area contributed by atoms with E-state index in [0.29, 0.717) is 23.9 Å². The SMILES string of the molecule is CCNC(=O)c1ccc(N)c(N2CC(C)C(C)C2)c1. The van der Waals surface area contributed by atoms with Crippen molar-refractivity contribution in [2.75, 3.05) is 30.3 Å². The van der Waals surface area contributed by atoms with Crippen LogP contribution in [0.2, 0.25) is 0 Å². The topological polar surface area (TPSA) is 58.4 Å². The van der Waals surface area contributed by atoms with Crippen molar-refractivity contribution in [3.63, 3.8) is 0 Å². The predicted molar refractivity (Wildman–Crippen MR) is 79.4 cm³/mol. The summed E-state index contributed by atoms with van der Waals surface area (Å²) in [4.78, 5) is 14.2. The molecule has 2 unspecified atom stereocenters. The Balaban J connectivity index is 2.25. The summed E-state index contributed by atoms with van der Waals surface area (Å²) in [5, 5.41) is 2.82. The molecule has 0 aliphatic carbocycles. The largest absolute Gasteiger partial charge is 0.397 e. The molecule has 4 nitrogen and oxygen atoms in total. The zero-order valence-electron chi connectivity index (χ0n) is 11.9. The van der Waals surface area contributed by atoms with Crippen molar-refractivity contribution in [3.05, 3.63) is 23.8 Å². The molecule has 1 saturated heterocycles. The van der Waals surface area contributed by atoms with Gasteiger partial charge in [0.25, 0.3) is 5.91 Å². The van der Waals surface area contributed by atoms with Crippen molar-refractivity contribution in [1.29, 1.82) is 0 Å². The molecule has 3 N–H and O–H groups in total. The van der Waals surface area contributed by atoms with E-state index < -0.39 is 0 Å². The number of nitrogens with one attached hydrogen (secondary N) is 1. The maximum atomic E-state index is 11.9. The third-order valence-corrected chi connectivity index (χ3v) is 3.96. The van der Waals surface area contributed by atoms with E-state index in [-0.39, 0.29) is 5.91 Å². The van der Waals surface area contributed by atoms with Gasteiger partial charge in [0.05, 0.1) is 11.4 Å². The van der Waals surface area contributed by atoms with Crippen LogP contribution in [0.5, 0.6) is 0 Å². The molecular weight excluding hydrogens is 238 g/mol. The van der Waals surface area contributed by atoms with E-state index in [1.165, 1.54) is 0 Å². The van der Waals surface area contributed by atoms with Crippen LogP contribution < -0.4 is 16.0 Å². The highest BCUT2D eigenvalue weighted by Gasteiger charge is 2.27. The average molecular weight is 261 g/mol. The summed E-state index contributed by atoms with van der Waals surface area (Å²) < 4.78 is 0. The molecule has 0 aromatic heterocycles. The number of benzene rings is 1. The summed E-state index contributed by atoms with van der Waals surface area (Å²) in [5.74, 6) is 1.28. The molecule has 0 spiro atoms. The van der Waals surface area contributed by atoms with E-state index in [4.69, 9.17) is 5.73 Å². The maximum absolute atomic E-state index is 11.9. The summed E-state index contributed by atoms with van der Waals surface area (Å²) in [6.45, 7) is 9.08. The second-order valence-corrected chi connectivity index (χ2v) is 5.49. The Morgan fingerprint density at radius 3 is 2.58 bits per heavy atom. The molecule has 1 aliphatic rings. The molecule has 2 atom stereocenters. The van der Waals surface area contributed by atoms with Gasteiger partial charge in [-0.3, -0.25) is 4.79 Å². The van der Waals surface area contributed by atoms with Gasteiger partial charge >= 0.3 is 0 Å². The number of hydrogen-bond donors (Lipinski definition) is 2. The smallest absolute Gasteiger partial charge is 0.251 e. The highest BCUT2D eigenvalue weighted by molar-refractivity contribution is 5.96. The lowest BCUT2D eigenvalue weighted by atomic mass is 10.0. The van der Waals surface area contributed by atoms with Gasteiger partial charge in [-0.1, -0.05) is 13.8 Å². The van der Waals surface area contributed by atoms with E-state index >= 15 is 0 Å². The Kier molecular flexibility index (Phi) is 3.98. The highest BCUT2D eigenvalue weighted by atomic mass is 16.1. The summed E-state index contributed by atoms with van der Waals surface area (Å²) >= 11 is 0. The van der Waals surface area contributed by atoms with Gasteiger partial charge in [0.2, 0.25) is 0 Å². The Bertz CT molecular complexity index is 462. The van der Waals surface area contributed by atoms with E-state index in [1.54, 1.807) is 6.07 Å². The molecule has 0 radical (unpaired) electrons. The lowest BCUT2D eigenvalue weighted by molar-refractivity contribution is 0.0956. The normalized spacial score (nSPS) is 22.6. The second-order valence-electron chi connectivity index (χ2n) is 5.49. The van der Waals surface area contributed by atoms with E-state index in [0.717, 1.165) is 24.5 Å². The van der Waals surface area contributed by atoms with Gasteiger partial charge < -0.3 is 16.0 Å². The Morgan fingerprint density at radius 2 is 2.00 bits per heavy atom. The third kappa shape index (κ3) is 2.83. The minimum Gasteiger partial charge on any atom is -0.397 e. The zero-order valence-corrected chi connectivity index (χ0v) is 11.9. The molecule has 2 rings (SSSR count). The minimum atomic E-state index is -0.0379. The van der Waals surface area contributed by atoms with Crippen LogP contribution in [0.1, 0.15) is 31.1 Å². The van der Waals surface area contributed by atoms with Crippen LogP contribution in [0.4, 0.5) is 11.4 Å². The molecule has 1 aliphatic heterocycles. The van der Waals surface area contributed by atoms with Crippen molar-refractivity contribution >= 4 is 17.3 Å². The summed E-state index contributed by atoms with van der Waals surface area (Å²) in [6, 6.07) is 5.52. The third-order valence-electron chi connectivity index (χ3n) is 3.96. The first-order chi connectivity index (χ1) is 9.02. The van der Waals surface area contributed by atoms with Crippen LogP contribution in [0.25, 0.3) is 0 Å². The Hall–Kier alpha value is -1.71. The first-order valence-electron chi connectivity index (χ1n) is 6.95. The van der Waals surface area contributed by atoms with Crippen molar-refractivity contribution in [2.24, 2.45) is 11.8 Å². The fourth-order valence-corrected chi connectivity index (χ4v) is 2.55. The summed E-state index contributed by atoms with van der Waals surface area (Å²) in [6.07, 6.45) is 0. The molecular formula is C15H23N3O. The predicted octanol–water partition coefficient (Wildman–Crippen LogP) is 2.11. The number of hydrogen-bond acceptors (Lipinski definition) is 3. The molecule has 0 bridgehead atoms. The number of rotatable bonds is 3. The molecule has 0 saturated carbocycles. The van der Waals surface area contributed by atoms with E-state index in [2.05, 4.69) is 24.1 Å². The van der Waals surface area contributed by atoms with E-state index in [9.17, 15) is 4.79 Å². The van der Waals surface area contributed by atoms with Crippen molar-refractivity contribution in [3.8, 4) is 0 Å². The number of nitrogen functional groups attached to an aromatic ring is 1. The number of amides is 1. The van der Waals surface area contributed by atoms with Gasteiger partial charge in [-0.2, -0.15) is 0 Å². The van der Waals surface area contributed by atoms with Crippen LogP contribution in [-0.2, 0) is 0 Å².